The summed E-state index contributed by atoms with van der Waals surface area (Å²) in [6.07, 6.45) is 5.56. The van der Waals surface area contributed by atoms with Gasteiger partial charge in [-0.05, 0) is 50.1 Å². The van der Waals surface area contributed by atoms with Crippen LogP contribution in [-0.4, -0.2) is 21.5 Å². The summed E-state index contributed by atoms with van der Waals surface area (Å²) >= 11 is 6.07. The summed E-state index contributed by atoms with van der Waals surface area (Å²) in [6.45, 7) is 1.85. The van der Waals surface area contributed by atoms with Crippen LogP contribution in [0.5, 0.6) is 11.5 Å². The van der Waals surface area contributed by atoms with Gasteiger partial charge in [-0.2, -0.15) is 5.10 Å². The van der Waals surface area contributed by atoms with Gasteiger partial charge in [0.25, 0.3) is 11.7 Å². The molecule has 2 heterocycles. The van der Waals surface area contributed by atoms with Gasteiger partial charge in [-0.15, -0.1) is 0 Å². The number of carbonyl (C=O) groups excluding carboxylic acids is 1. The maximum Gasteiger partial charge on any atom is 0.259 e. The summed E-state index contributed by atoms with van der Waals surface area (Å²) in [5.41, 5.74) is 2.69. The number of amides is 1. The number of benzene rings is 2. The van der Waals surface area contributed by atoms with Gasteiger partial charge in [0, 0.05) is 29.6 Å². The molecule has 1 saturated carbocycles. The molecular weight excluding hydrogens is 390 g/mol. The monoisotopic (exact) mass is 409 g/mol. The number of carbonyl (C=O) groups is 1. The van der Waals surface area contributed by atoms with E-state index in [1.165, 1.54) is 0 Å². The van der Waals surface area contributed by atoms with E-state index in [-0.39, 0.29) is 5.91 Å². The third-order valence-corrected chi connectivity index (χ3v) is 5.70. The number of nitrogens with one attached hydrogen (secondary N) is 1. The Morgan fingerprint density at radius 3 is 2.72 bits per heavy atom. The lowest BCUT2D eigenvalue weighted by atomic mass is 10.2. The van der Waals surface area contributed by atoms with Gasteiger partial charge in [0.15, 0.2) is 11.5 Å². The number of halogens is 1. The van der Waals surface area contributed by atoms with E-state index in [2.05, 4.69) is 10.4 Å². The van der Waals surface area contributed by atoms with Gasteiger partial charge in [0.05, 0.1) is 23.1 Å². The molecule has 5 rings (SSSR count). The predicted molar refractivity (Wildman–Crippen MR) is 110 cm³/mol. The Balaban J connectivity index is 1.36. The molecule has 6 nitrogen and oxygen atoms in total. The zero-order valence-corrected chi connectivity index (χ0v) is 16.7. The van der Waals surface area contributed by atoms with Crippen molar-refractivity contribution < 1.29 is 14.3 Å². The number of nitrogens with zero attached hydrogens (tertiary/aromatic N) is 2. The second-order valence-electron chi connectivity index (χ2n) is 7.47. The number of anilines is 1. The largest absolute Gasteiger partial charge is 0.448 e. The van der Waals surface area contributed by atoms with Crippen molar-refractivity contribution in [3.05, 3.63) is 64.9 Å². The Bertz CT molecular complexity index is 1100. The summed E-state index contributed by atoms with van der Waals surface area (Å²) in [5.74, 6) is 0.663. The van der Waals surface area contributed by atoms with Crippen LogP contribution in [0.25, 0.3) is 5.69 Å². The average molecular weight is 410 g/mol. The Hall–Kier alpha value is -2.99. The van der Waals surface area contributed by atoms with E-state index < -0.39 is 5.79 Å². The first kappa shape index (κ1) is 18.1. The first-order valence-electron chi connectivity index (χ1n) is 9.67. The number of aromatic nitrogens is 2. The summed E-state index contributed by atoms with van der Waals surface area (Å²) in [4.78, 5) is 12.8. The van der Waals surface area contributed by atoms with Crippen LogP contribution in [0, 0.1) is 6.92 Å². The lowest BCUT2D eigenvalue weighted by Gasteiger charge is -2.21. The molecule has 1 amide bonds. The van der Waals surface area contributed by atoms with E-state index in [1.54, 1.807) is 23.0 Å². The molecule has 148 valence electrons. The molecule has 2 aromatic carbocycles. The van der Waals surface area contributed by atoms with E-state index in [0.29, 0.717) is 22.0 Å². The van der Waals surface area contributed by atoms with Gasteiger partial charge in [0.1, 0.15) is 0 Å². The van der Waals surface area contributed by atoms with Gasteiger partial charge in [0.2, 0.25) is 0 Å². The fraction of sp³-hybridized carbons (Fsp3) is 0.273. The first-order chi connectivity index (χ1) is 14.0. The lowest BCUT2D eigenvalue weighted by molar-refractivity contribution is -0.0716. The number of ether oxygens (including phenoxy) is 2. The van der Waals surface area contributed by atoms with Crippen molar-refractivity contribution in [2.24, 2.45) is 0 Å². The first-order valence-corrected chi connectivity index (χ1v) is 10.0. The zero-order chi connectivity index (χ0) is 20.0. The van der Waals surface area contributed by atoms with Crippen LogP contribution in [0.2, 0.25) is 5.02 Å². The summed E-state index contributed by atoms with van der Waals surface area (Å²) in [7, 11) is 0. The summed E-state index contributed by atoms with van der Waals surface area (Å²) < 4.78 is 13.8. The van der Waals surface area contributed by atoms with Crippen molar-refractivity contribution >= 4 is 23.2 Å². The molecule has 1 aliphatic heterocycles. The predicted octanol–water partition coefficient (Wildman–Crippen LogP) is 5.13. The van der Waals surface area contributed by atoms with Gasteiger partial charge in [-0.25, -0.2) is 4.68 Å². The minimum Gasteiger partial charge on any atom is -0.448 e. The average Bonchev–Trinajstić information content (AvgIpc) is 3.40. The maximum absolute atomic E-state index is 12.8. The maximum atomic E-state index is 12.8. The van der Waals surface area contributed by atoms with Crippen molar-refractivity contribution in [3.8, 4) is 17.2 Å². The van der Waals surface area contributed by atoms with Crippen LogP contribution in [-0.2, 0) is 0 Å². The van der Waals surface area contributed by atoms with Gasteiger partial charge >= 0.3 is 0 Å². The van der Waals surface area contributed by atoms with Crippen LogP contribution in [0.15, 0.2) is 48.7 Å². The van der Waals surface area contributed by atoms with Gasteiger partial charge < -0.3 is 14.8 Å². The molecule has 1 fully saturated rings. The number of hydrogen-bond donors (Lipinski definition) is 1. The van der Waals surface area contributed by atoms with Crippen molar-refractivity contribution in [2.75, 3.05) is 5.32 Å². The molecule has 1 aromatic heterocycles. The molecule has 0 atom stereocenters. The molecule has 0 saturated heterocycles. The second kappa shape index (κ2) is 6.81. The highest BCUT2D eigenvalue weighted by atomic mass is 35.5. The molecule has 0 unspecified atom stereocenters. The van der Waals surface area contributed by atoms with Gasteiger partial charge in [-0.1, -0.05) is 17.7 Å². The van der Waals surface area contributed by atoms with Crippen LogP contribution in [0.1, 0.15) is 41.7 Å². The smallest absolute Gasteiger partial charge is 0.259 e. The van der Waals surface area contributed by atoms with Crippen LogP contribution >= 0.6 is 11.6 Å². The van der Waals surface area contributed by atoms with Crippen LogP contribution in [0.4, 0.5) is 5.69 Å². The van der Waals surface area contributed by atoms with E-state index in [9.17, 15) is 4.79 Å². The van der Waals surface area contributed by atoms with E-state index in [1.807, 2.05) is 37.3 Å². The summed E-state index contributed by atoms with van der Waals surface area (Å²) in [6, 6.07) is 12.8. The molecule has 7 heteroatoms. The molecule has 0 radical (unpaired) electrons. The fourth-order valence-corrected chi connectivity index (χ4v) is 4.17. The Morgan fingerprint density at radius 1 is 1.14 bits per heavy atom. The Kier molecular flexibility index (Phi) is 4.24. The van der Waals surface area contributed by atoms with Crippen molar-refractivity contribution in [1.29, 1.82) is 0 Å². The SMILES string of the molecule is Cc1c(C(=O)Nc2ccc3c(c2)OC2(CCCC2)O3)cnn1-c1cccc(Cl)c1. The van der Waals surface area contributed by atoms with Crippen molar-refractivity contribution in [1.82, 2.24) is 9.78 Å². The molecular formula is C22H20ClN3O3. The van der Waals surface area contributed by atoms with E-state index >= 15 is 0 Å². The molecule has 2 aliphatic rings. The van der Waals surface area contributed by atoms with Crippen molar-refractivity contribution in [3.63, 3.8) is 0 Å². The normalized spacial score (nSPS) is 16.3. The van der Waals surface area contributed by atoms with E-state index in [0.717, 1.165) is 42.8 Å². The van der Waals surface area contributed by atoms with Crippen LogP contribution in [0.3, 0.4) is 0 Å². The standard InChI is InChI=1S/C22H20ClN3O3/c1-14-18(13-24-26(14)17-6-4-5-15(23)11-17)21(27)25-16-7-8-19-20(12-16)29-22(28-19)9-2-3-10-22/h4-8,11-13H,2-3,9-10H2,1H3,(H,25,27). The summed E-state index contributed by atoms with van der Waals surface area (Å²) in [5, 5.41) is 7.89. The fourth-order valence-electron chi connectivity index (χ4n) is 3.99. The molecule has 1 N–H and O–H groups in total. The quantitative estimate of drug-likeness (QED) is 0.651. The molecule has 29 heavy (non-hydrogen) atoms. The van der Waals surface area contributed by atoms with E-state index in [4.69, 9.17) is 21.1 Å². The molecule has 1 spiro atoms. The van der Waals surface area contributed by atoms with Gasteiger partial charge in [-0.3, -0.25) is 4.79 Å². The highest BCUT2D eigenvalue weighted by Crippen LogP contribution is 2.47. The van der Waals surface area contributed by atoms with Crippen LogP contribution < -0.4 is 14.8 Å². The van der Waals surface area contributed by atoms with Crippen molar-refractivity contribution in [2.45, 2.75) is 38.4 Å². The number of fused-ring (bicyclic) bond motifs is 1. The third kappa shape index (κ3) is 3.23. The third-order valence-electron chi connectivity index (χ3n) is 5.47. The molecule has 1 aliphatic carbocycles. The number of hydrogen-bond acceptors (Lipinski definition) is 4. The highest BCUT2D eigenvalue weighted by Gasteiger charge is 2.44. The lowest BCUT2D eigenvalue weighted by Crippen LogP contribution is -2.34. The zero-order valence-electron chi connectivity index (χ0n) is 15.9. The Morgan fingerprint density at radius 2 is 1.93 bits per heavy atom. The second-order valence-corrected chi connectivity index (χ2v) is 7.91. The molecule has 0 bridgehead atoms. The minimum absolute atomic E-state index is 0.231. The number of rotatable bonds is 3. The minimum atomic E-state index is -0.514. The topological polar surface area (TPSA) is 65.4 Å². The Labute approximate surface area is 173 Å². The molecule has 3 aromatic rings. The highest BCUT2D eigenvalue weighted by molar-refractivity contribution is 6.30.